The average Bonchev–Trinajstić information content (AvgIpc) is 2.89. The van der Waals surface area contributed by atoms with Crippen LogP contribution in [0.25, 0.3) is 0 Å². The number of nitrogens with one attached hydrogen (secondary N) is 1. The number of hydrogen-bond acceptors (Lipinski definition) is 3. The third-order valence-corrected chi connectivity index (χ3v) is 3.82. The quantitative estimate of drug-likeness (QED) is 0.927. The molecule has 112 valence electrons. The van der Waals surface area contributed by atoms with Crippen molar-refractivity contribution in [3.8, 4) is 0 Å². The van der Waals surface area contributed by atoms with E-state index in [1.54, 1.807) is 0 Å². The van der Waals surface area contributed by atoms with E-state index in [9.17, 15) is 18.0 Å². The molecule has 2 heterocycles. The predicted octanol–water partition coefficient (Wildman–Crippen LogP) is 3.67. The van der Waals surface area contributed by atoms with E-state index < -0.39 is 11.7 Å². The van der Waals surface area contributed by atoms with E-state index in [1.807, 2.05) is 17.5 Å². The minimum atomic E-state index is -4.49. The molecule has 0 fully saturated rings. The highest BCUT2D eigenvalue weighted by Gasteiger charge is 2.31. The SMILES string of the molecule is O=C(Cc1cccs1)NCc1ncc(C(F)(F)F)cc1Cl. The summed E-state index contributed by atoms with van der Waals surface area (Å²) in [6, 6.07) is 4.46. The summed E-state index contributed by atoms with van der Waals surface area (Å²) in [7, 11) is 0. The summed E-state index contributed by atoms with van der Waals surface area (Å²) in [6.07, 6.45) is -3.57. The third kappa shape index (κ3) is 4.44. The monoisotopic (exact) mass is 334 g/mol. The Morgan fingerprint density at radius 1 is 1.43 bits per heavy atom. The van der Waals surface area contributed by atoms with E-state index >= 15 is 0 Å². The number of pyridine rings is 1. The van der Waals surface area contributed by atoms with Gasteiger partial charge in [0.25, 0.3) is 0 Å². The number of rotatable bonds is 4. The van der Waals surface area contributed by atoms with Gasteiger partial charge in [-0.1, -0.05) is 17.7 Å². The molecule has 0 aromatic carbocycles. The normalized spacial score (nSPS) is 11.4. The van der Waals surface area contributed by atoms with Crippen LogP contribution in [-0.2, 0) is 23.9 Å². The van der Waals surface area contributed by atoms with Crippen LogP contribution in [0.2, 0.25) is 5.02 Å². The van der Waals surface area contributed by atoms with Crippen molar-refractivity contribution in [2.45, 2.75) is 19.1 Å². The van der Waals surface area contributed by atoms with Crippen molar-refractivity contribution in [1.29, 1.82) is 0 Å². The highest BCUT2D eigenvalue weighted by Crippen LogP contribution is 2.30. The van der Waals surface area contributed by atoms with Crippen LogP contribution in [0.5, 0.6) is 0 Å². The smallest absolute Gasteiger partial charge is 0.350 e. The first-order valence-corrected chi connectivity index (χ1v) is 7.12. The van der Waals surface area contributed by atoms with Crippen molar-refractivity contribution in [3.63, 3.8) is 0 Å². The van der Waals surface area contributed by atoms with Crippen LogP contribution in [0.3, 0.4) is 0 Å². The number of carbonyl (C=O) groups is 1. The summed E-state index contributed by atoms with van der Waals surface area (Å²) in [5.74, 6) is -0.241. The number of halogens is 4. The Morgan fingerprint density at radius 3 is 2.76 bits per heavy atom. The Bertz CT molecular complexity index is 629. The number of alkyl halides is 3. The average molecular weight is 335 g/mol. The first-order valence-electron chi connectivity index (χ1n) is 5.87. The van der Waals surface area contributed by atoms with Crippen LogP contribution in [0.1, 0.15) is 16.1 Å². The number of amides is 1. The summed E-state index contributed by atoms with van der Waals surface area (Å²) >= 11 is 7.20. The molecule has 2 aromatic rings. The Hall–Kier alpha value is -1.60. The third-order valence-electron chi connectivity index (χ3n) is 2.61. The molecule has 21 heavy (non-hydrogen) atoms. The van der Waals surface area contributed by atoms with Crippen molar-refractivity contribution in [1.82, 2.24) is 10.3 Å². The standard InChI is InChI=1S/C13H10ClF3N2OS/c14-10-4-8(13(15,16)17)6-18-11(10)7-19-12(20)5-9-2-1-3-21-9/h1-4,6H,5,7H2,(H,19,20). The van der Waals surface area contributed by atoms with Gasteiger partial charge in [-0.3, -0.25) is 9.78 Å². The van der Waals surface area contributed by atoms with E-state index in [1.165, 1.54) is 11.3 Å². The predicted molar refractivity (Wildman–Crippen MR) is 74.1 cm³/mol. The number of thiophene rings is 1. The maximum atomic E-state index is 12.5. The van der Waals surface area contributed by atoms with Crippen LogP contribution in [0.15, 0.2) is 29.8 Å². The maximum absolute atomic E-state index is 12.5. The molecule has 0 aliphatic rings. The van der Waals surface area contributed by atoms with E-state index in [0.717, 1.165) is 10.9 Å². The second-order valence-corrected chi connectivity index (χ2v) is 5.62. The second-order valence-electron chi connectivity index (χ2n) is 4.18. The molecule has 0 spiro atoms. The summed E-state index contributed by atoms with van der Waals surface area (Å²) < 4.78 is 37.4. The number of hydrogen-bond donors (Lipinski definition) is 1. The van der Waals surface area contributed by atoms with Crippen molar-refractivity contribution >= 4 is 28.8 Å². The lowest BCUT2D eigenvalue weighted by atomic mass is 10.2. The van der Waals surface area contributed by atoms with Crippen molar-refractivity contribution in [3.05, 3.63) is 50.9 Å². The van der Waals surface area contributed by atoms with Gasteiger partial charge in [-0.25, -0.2) is 0 Å². The van der Waals surface area contributed by atoms with Gasteiger partial charge in [-0.2, -0.15) is 13.2 Å². The first kappa shape index (κ1) is 15.8. The second kappa shape index (κ2) is 6.44. The minimum absolute atomic E-state index is 0.0127. The largest absolute Gasteiger partial charge is 0.417 e. The maximum Gasteiger partial charge on any atom is 0.417 e. The van der Waals surface area contributed by atoms with Gasteiger partial charge < -0.3 is 5.32 Å². The zero-order chi connectivity index (χ0) is 15.5. The lowest BCUT2D eigenvalue weighted by molar-refractivity contribution is -0.137. The first-order chi connectivity index (χ1) is 9.86. The Balaban J connectivity index is 1.96. The topological polar surface area (TPSA) is 42.0 Å². The van der Waals surface area contributed by atoms with Gasteiger partial charge in [-0.05, 0) is 17.5 Å². The molecule has 0 unspecified atom stereocenters. The molecule has 0 radical (unpaired) electrons. The minimum Gasteiger partial charge on any atom is -0.350 e. The lowest BCUT2D eigenvalue weighted by Gasteiger charge is -2.09. The molecule has 0 saturated heterocycles. The zero-order valence-electron chi connectivity index (χ0n) is 10.6. The van der Waals surface area contributed by atoms with Crippen molar-refractivity contribution in [2.24, 2.45) is 0 Å². The summed E-state index contributed by atoms with van der Waals surface area (Å²) in [4.78, 5) is 16.2. The Morgan fingerprint density at radius 2 is 2.19 bits per heavy atom. The molecule has 0 bridgehead atoms. The number of carbonyl (C=O) groups excluding carboxylic acids is 1. The molecule has 0 saturated carbocycles. The van der Waals surface area contributed by atoms with Crippen molar-refractivity contribution in [2.75, 3.05) is 0 Å². The molecule has 0 aliphatic heterocycles. The van der Waals surface area contributed by atoms with Gasteiger partial charge in [0.15, 0.2) is 0 Å². The molecule has 1 amide bonds. The molecule has 2 rings (SSSR count). The van der Waals surface area contributed by atoms with Crippen LogP contribution in [-0.4, -0.2) is 10.9 Å². The van der Waals surface area contributed by atoms with Gasteiger partial charge in [0.05, 0.1) is 29.2 Å². The number of aromatic nitrogens is 1. The molecule has 1 N–H and O–H groups in total. The fraction of sp³-hybridized carbons (Fsp3) is 0.231. The van der Waals surface area contributed by atoms with Gasteiger partial charge in [0.1, 0.15) is 0 Å². The summed E-state index contributed by atoms with van der Waals surface area (Å²) in [5, 5.41) is 4.31. The fourth-order valence-electron chi connectivity index (χ4n) is 1.57. The molecule has 3 nitrogen and oxygen atoms in total. The van der Waals surface area contributed by atoms with E-state index in [4.69, 9.17) is 11.6 Å². The van der Waals surface area contributed by atoms with Gasteiger partial charge in [0, 0.05) is 11.1 Å². The van der Waals surface area contributed by atoms with Gasteiger partial charge >= 0.3 is 6.18 Å². The highest BCUT2D eigenvalue weighted by atomic mass is 35.5. The van der Waals surface area contributed by atoms with Crippen LogP contribution in [0, 0.1) is 0 Å². The number of nitrogens with zero attached hydrogens (tertiary/aromatic N) is 1. The molecule has 0 aliphatic carbocycles. The molecule has 8 heteroatoms. The molecule has 2 aromatic heterocycles. The Labute approximate surface area is 127 Å². The fourth-order valence-corrected chi connectivity index (χ4v) is 2.50. The highest BCUT2D eigenvalue weighted by molar-refractivity contribution is 7.10. The zero-order valence-corrected chi connectivity index (χ0v) is 12.1. The lowest BCUT2D eigenvalue weighted by Crippen LogP contribution is -2.25. The van der Waals surface area contributed by atoms with E-state index in [2.05, 4.69) is 10.3 Å². The molecular formula is C13H10ClF3N2OS. The molecular weight excluding hydrogens is 325 g/mol. The van der Waals surface area contributed by atoms with Crippen LogP contribution >= 0.6 is 22.9 Å². The van der Waals surface area contributed by atoms with E-state index in [-0.39, 0.29) is 29.6 Å². The van der Waals surface area contributed by atoms with Gasteiger partial charge in [-0.15, -0.1) is 11.3 Å². The summed E-state index contributed by atoms with van der Waals surface area (Å²) in [6.45, 7) is -0.0127. The Kier molecular flexibility index (Phi) is 4.84. The summed E-state index contributed by atoms with van der Waals surface area (Å²) in [5.41, 5.74) is -0.717. The van der Waals surface area contributed by atoms with Crippen molar-refractivity contribution < 1.29 is 18.0 Å². The van der Waals surface area contributed by atoms with Gasteiger partial charge in [0.2, 0.25) is 5.91 Å². The van der Waals surface area contributed by atoms with Crippen LogP contribution in [0.4, 0.5) is 13.2 Å². The van der Waals surface area contributed by atoms with Crippen LogP contribution < -0.4 is 5.32 Å². The van der Waals surface area contributed by atoms with E-state index in [0.29, 0.717) is 6.20 Å². The molecule has 0 atom stereocenters.